The molecule has 0 saturated heterocycles. The summed E-state index contributed by atoms with van der Waals surface area (Å²) in [5.74, 6) is 0.581. The van der Waals surface area contributed by atoms with E-state index >= 15 is 0 Å². The Labute approximate surface area is 133 Å². The Morgan fingerprint density at radius 2 is 1.90 bits per heavy atom. The summed E-state index contributed by atoms with van der Waals surface area (Å²) in [6, 6.07) is 4.69. The van der Waals surface area contributed by atoms with Crippen LogP contribution in [0.25, 0.3) is 0 Å². The summed E-state index contributed by atoms with van der Waals surface area (Å²) in [5, 5.41) is 0. The van der Waals surface area contributed by atoms with Crippen LogP contribution in [0.2, 0.25) is 0 Å². The molecule has 0 bridgehead atoms. The summed E-state index contributed by atoms with van der Waals surface area (Å²) in [7, 11) is 11.3. The molecule has 20 heavy (non-hydrogen) atoms. The predicted molar refractivity (Wildman–Crippen MR) is 80.0 cm³/mol. The fraction of sp³-hybridized carbons (Fsp3) is 0.417. The van der Waals surface area contributed by atoms with Crippen LogP contribution in [0, 0.1) is 0 Å². The zero-order chi connectivity index (χ0) is 15.5. The van der Waals surface area contributed by atoms with Crippen LogP contribution in [0.1, 0.15) is 19.4 Å². The van der Waals surface area contributed by atoms with E-state index in [2.05, 4.69) is 0 Å². The standard InChI is InChI=1S/C12H17NO3S.2ClH.Ru/c1-9(2)16-12-7-6-11(8-10(12)3)17(14,15)13(4)5;;;/h3,6-9H,1-2,4-5H3;2*1H;/q;;;+2/p-2. The first kappa shape index (κ1) is 18.1. The van der Waals surface area contributed by atoms with Gasteiger partial charge in [-0.3, -0.25) is 0 Å². The summed E-state index contributed by atoms with van der Waals surface area (Å²) >= 11 is -2.08. The molecule has 1 aromatic carbocycles. The van der Waals surface area contributed by atoms with Crippen molar-refractivity contribution in [2.24, 2.45) is 0 Å². The Bertz CT molecular complexity index is 611. The van der Waals surface area contributed by atoms with Gasteiger partial charge in [0.2, 0.25) is 0 Å². The fourth-order valence-electron chi connectivity index (χ4n) is 1.42. The summed E-state index contributed by atoms with van der Waals surface area (Å²) in [6.07, 6.45) is -0.0234. The van der Waals surface area contributed by atoms with E-state index in [1.165, 1.54) is 20.2 Å². The zero-order valence-electron chi connectivity index (χ0n) is 11.6. The number of rotatable bonds is 5. The van der Waals surface area contributed by atoms with Crippen molar-refractivity contribution in [1.82, 2.24) is 4.31 Å². The molecular formula is C12H17Cl2NO3RuS. The molecule has 1 aromatic rings. The molecule has 0 amide bonds. The molecule has 0 saturated carbocycles. The molecule has 0 atom stereocenters. The van der Waals surface area contributed by atoms with Gasteiger partial charge in [0.25, 0.3) is 0 Å². The van der Waals surface area contributed by atoms with Crippen molar-refractivity contribution in [2.75, 3.05) is 14.1 Å². The molecule has 0 aliphatic rings. The van der Waals surface area contributed by atoms with Crippen LogP contribution in [0.4, 0.5) is 0 Å². The number of halogens is 2. The molecule has 116 valence electrons. The normalized spacial score (nSPS) is 12.7. The van der Waals surface area contributed by atoms with Crippen molar-refractivity contribution in [2.45, 2.75) is 24.8 Å². The van der Waals surface area contributed by atoms with Crippen molar-refractivity contribution in [3.63, 3.8) is 0 Å². The number of hydrogen-bond acceptors (Lipinski definition) is 3. The van der Waals surface area contributed by atoms with Gasteiger partial charge in [0.05, 0.1) is 0 Å². The van der Waals surface area contributed by atoms with Crippen LogP contribution in [-0.2, 0) is 23.5 Å². The number of nitrogens with zero attached hydrogens (tertiary/aromatic N) is 1. The molecule has 0 aliphatic carbocycles. The second-order valence-corrected chi connectivity index (χ2v) is 12.3. The zero-order valence-corrected chi connectivity index (χ0v) is 15.6. The summed E-state index contributed by atoms with van der Waals surface area (Å²) in [6.45, 7) is 3.79. The van der Waals surface area contributed by atoms with Crippen molar-refractivity contribution in [3.05, 3.63) is 23.8 Å². The molecule has 4 nitrogen and oxygen atoms in total. The second-order valence-electron chi connectivity index (χ2n) is 4.46. The van der Waals surface area contributed by atoms with Gasteiger partial charge in [-0.1, -0.05) is 0 Å². The number of ether oxygens (including phenoxy) is 1. The average molecular weight is 427 g/mol. The van der Waals surface area contributed by atoms with Crippen LogP contribution < -0.4 is 4.74 Å². The Morgan fingerprint density at radius 3 is 2.35 bits per heavy atom. The van der Waals surface area contributed by atoms with Gasteiger partial charge in [0.1, 0.15) is 0 Å². The van der Waals surface area contributed by atoms with Gasteiger partial charge in [0, 0.05) is 0 Å². The SMILES string of the molecule is CC(C)Oc1ccc(S(=O)(=O)N(C)C)cc1[CH]=[Ru]([Cl])[Cl]. The summed E-state index contributed by atoms with van der Waals surface area (Å²) < 4.78 is 32.7. The fourth-order valence-corrected chi connectivity index (χ4v) is 4.14. The minimum absolute atomic E-state index is 0.0234. The molecule has 8 heteroatoms. The molecule has 0 spiro atoms. The van der Waals surface area contributed by atoms with E-state index in [9.17, 15) is 8.42 Å². The van der Waals surface area contributed by atoms with Gasteiger partial charge < -0.3 is 0 Å². The first-order valence-electron chi connectivity index (χ1n) is 5.71. The second kappa shape index (κ2) is 7.32. The van der Waals surface area contributed by atoms with E-state index in [0.29, 0.717) is 11.3 Å². The molecule has 0 N–H and O–H groups in total. The van der Waals surface area contributed by atoms with Crippen LogP contribution in [-0.4, -0.2) is 37.5 Å². The summed E-state index contributed by atoms with van der Waals surface area (Å²) in [4.78, 5) is 0.189. The third kappa shape index (κ3) is 4.78. The first-order chi connectivity index (χ1) is 9.14. The Hall–Kier alpha value is 0.00338. The Kier molecular flexibility index (Phi) is 6.61. The molecule has 0 unspecified atom stereocenters. The number of benzene rings is 1. The molecule has 0 aromatic heterocycles. The van der Waals surface area contributed by atoms with Crippen LogP contribution in [0.5, 0.6) is 5.75 Å². The summed E-state index contributed by atoms with van der Waals surface area (Å²) in [5.41, 5.74) is 0.616. The van der Waals surface area contributed by atoms with E-state index < -0.39 is 23.5 Å². The number of hydrogen-bond donors (Lipinski definition) is 0. The number of sulfonamides is 1. The monoisotopic (exact) mass is 427 g/mol. The minimum atomic E-state index is -3.49. The maximum atomic E-state index is 12.1. The molecule has 0 heterocycles. The molecule has 0 fully saturated rings. The van der Waals surface area contributed by atoms with Gasteiger partial charge in [0.15, 0.2) is 0 Å². The van der Waals surface area contributed by atoms with Gasteiger partial charge in [-0.2, -0.15) is 0 Å². The maximum absolute atomic E-state index is 12.1. The average Bonchev–Trinajstić information content (AvgIpc) is 2.29. The van der Waals surface area contributed by atoms with Gasteiger partial charge in [-0.05, 0) is 0 Å². The van der Waals surface area contributed by atoms with Gasteiger partial charge in [-0.25, -0.2) is 0 Å². The van der Waals surface area contributed by atoms with Gasteiger partial charge >= 0.3 is 133 Å². The molecule has 0 radical (unpaired) electrons. The molecular weight excluding hydrogens is 410 g/mol. The van der Waals surface area contributed by atoms with E-state index in [-0.39, 0.29) is 11.0 Å². The van der Waals surface area contributed by atoms with Crippen LogP contribution in [0.15, 0.2) is 23.1 Å². The van der Waals surface area contributed by atoms with E-state index in [4.69, 9.17) is 24.1 Å². The Balaban J connectivity index is 3.39. The van der Waals surface area contributed by atoms with Crippen LogP contribution >= 0.6 is 19.4 Å². The third-order valence-corrected chi connectivity index (χ3v) is 5.95. The van der Waals surface area contributed by atoms with E-state index in [0.717, 1.165) is 4.31 Å². The van der Waals surface area contributed by atoms with Crippen molar-refractivity contribution in [3.8, 4) is 5.75 Å². The van der Waals surface area contributed by atoms with Crippen molar-refractivity contribution in [1.29, 1.82) is 0 Å². The van der Waals surface area contributed by atoms with Crippen molar-refractivity contribution < 1.29 is 26.7 Å². The third-order valence-electron chi connectivity index (χ3n) is 2.31. The van der Waals surface area contributed by atoms with Gasteiger partial charge in [-0.15, -0.1) is 0 Å². The quantitative estimate of drug-likeness (QED) is 0.680. The van der Waals surface area contributed by atoms with Crippen LogP contribution in [0.3, 0.4) is 0 Å². The Morgan fingerprint density at radius 1 is 1.30 bits per heavy atom. The van der Waals surface area contributed by atoms with E-state index in [1.807, 2.05) is 13.8 Å². The topological polar surface area (TPSA) is 46.6 Å². The van der Waals surface area contributed by atoms with Crippen molar-refractivity contribution >= 4 is 34.0 Å². The van der Waals surface area contributed by atoms with E-state index in [1.54, 1.807) is 16.7 Å². The first-order valence-corrected chi connectivity index (χ1v) is 12.6. The molecule has 1 rings (SSSR count). The molecule has 0 aliphatic heterocycles. The predicted octanol–water partition coefficient (Wildman–Crippen LogP) is 2.80.